The molecule has 114 valence electrons. The third kappa shape index (κ3) is 3.01. The Labute approximate surface area is 132 Å². The van der Waals surface area contributed by atoms with Gasteiger partial charge in [-0.05, 0) is 30.4 Å². The molecule has 5 nitrogen and oxygen atoms in total. The van der Waals surface area contributed by atoms with Crippen molar-refractivity contribution in [2.75, 3.05) is 13.1 Å². The van der Waals surface area contributed by atoms with Crippen molar-refractivity contribution in [2.45, 2.75) is 12.8 Å². The Bertz CT molecular complexity index is 676. The predicted octanol–water partition coefficient (Wildman–Crippen LogP) is 2.75. The van der Waals surface area contributed by atoms with Gasteiger partial charge in [0.2, 0.25) is 0 Å². The van der Waals surface area contributed by atoms with E-state index in [4.69, 9.17) is 5.11 Å². The Morgan fingerprint density at radius 2 is 1.86 bits per heavy atom. The number of piperidine rings is 1. The fraction of sp³-hybridized carbons (Fsp3) is 0.312. The molecule has 2 heterocycles. The molecule has 1 aromatic carbocycles. The number of carboxylic acids is 1. The van der Waals surface area contributed by atoms with Crippen LogP contribution < -0.4 is 0 Å². The molecule has 1 N–H and O–H groups in total. The number of benzene rings is 1. The van der Waals surface area contributed by atoms with E-state index in [2.05, 4.69) is 4.37 Å². The van der Waals surface area contributed by atoms with Crippen LogP contribution in [0.25, 0.3) is 11.3 Å². The zero-order valence-corrected chi connectivity index (χ0v) is 12.8. The third-order valence-electron chi connectivity index (χ3n) is 3.92. The largest absolute Gasteiger partial charge is 0.481 e. The number of amides is 1. The minimum atomic E-state index is -0.767. The molecule has 1 saturated heterocycles. The monoisotopic (exact) mass is 316 g/mol. The summed E-state index contributed by atoms with van der Waals surface area (Å²) in [5.74, 6) is -1.15. The number of rotatable bonds is 3. The van der Waals surface area contributed by atoms with Crippen LogP contribution in [-0.4, -0.2) is 39.3 Å². The summed E-state index contributed by atoms with van der Waals surface area (Å²) in [7, 11) is 0. The topological polar surface area (TPSA) is 70.5 Å². The van der Waals surface area contributed by atoms with Gasteiger partial charge in [0, 0.05) is 18.7 Å². The summed E-state index contributed by atoms with van der Waals surface area (Å²) < 4.78 is 4.35. The maximum absolute atomic E-state index is 12.5. The fourth-order valence-electron chi connectivity index (χ4n) is 2.61. The molecule has 1 aliphatic rings. The lowest BCUT2D eigenvalue weighted by molar-refractivity contribution is -0.143. The van der Waals surface area contributed by atoms with Crippen molar-refractivity contribution < 1.29 is 14.7 Å². The zero-order valence-electron chi connectivity index (χ0n) is 11.9. The molecule has 1 fully saturated rings. The molecule has 0 bridgehead atoms. The smallest absolute Gasteiger partial charge is 0.306 e. The molecule has 1 aromatic heterocycles. The van der Waals surface area contributed by atoms with E-state index in [9.17, 15) is 9.59 Å². The third-order valence-corrected chi connectivity index (χ3v) is 4.70. The number of hydrogen-bond acceptors (Lipinski definition) is 4. The Balaban J connectivity index is 1.69. The number of carboxylic acid groups (broad SMARTS) is 1. The Morgan fingerprint density at radius 3 is 2.50 bits per heavy atom. The van der Waals surface area contributed by atoms with Crippen LogP contribution in [-0.2, 0) is 4.79 Å². The van der Waals surface area contributed by atoms with E-state index in [-0.39, 0.29) is 11.8 Å². The number of likely N-dealkylation sites (tertiary alicyclic amines) is 1. The molecule has 0 saturated carbocycles. The fourth-order valence-corrected chi connectivity index (χ4v) is 3.33. The molecular formula is C16H16N2O3S. The van der Waals surface area contributed by atoms with Crippen molar-refractivity contribution in [3.63, 3.8) is 0 Å². The SMILES string of the molecule is O=C(O)C1CCN(C(=O)c2cc(-c3ccccc3)ns2)CC1. The summed E-state index contributed by atoms with van der Waals surface area (Å²) in [5, 5.41) is 9.00. The van der Waals surface area contributed by atoms with E-state index in [1.807, 2.05) is 36.4 Å². The number of aromatic nitrogens is 1. The second kappa shape index (κ2) is 6.27. The normalized spacial score (nSPS) is 15.7. The minimum Gasteiger partial charge on any atom is -0.481 e. The molecule has 0 atom stereocenters. The molecule has 3 rings (SSSR count). The van der Waals surface area contributed by atoms with Crippen molar-refractivity contribution >= 4 is 23.4 Å². The molecule has 0 unspecified atom stereocenters. The molecule has 6 heteroatoms. The number of nitrogens with zero attached hydrogens (tertiary/aromatic N) is 2. The highest BCUT2D eigenvalue weighted by Crippen LogP contribution is 2.25. The van der Waals surface area contributed by atoms with Crippen LogP contribution in [0.1, 0.15) is 22.5 Å². The van der Waals surface area contributed by atoms with Gasteiger partial charge in [-0.2, -0.15) is 4.37 Å². The van der Waals surface area contributed by atoms with Gasteiger partial charge in [0.05, 0.1) is 11.6 Å². The van der Waals surface area contributed by atoms with Gasteiger partial charge < -0.3 is 10.0 Å². The standard InChI is InChI=1S/C16H16N2O3S/c19-15(18-8-6-12(7-9-18)16(20)21)14-10-13(17-22-14)11-4-2-1-3-5-11/h1-5,10,12H,6-9H2,(H,20,21). The van der Waals surface area contributed by atoms with Gasteiger partial charge in [0.1, 0.15) is 4.88 Å². The maximum atomic E-state index is 12.5. The highest BCUT2D eigenvalue weighted by atomic mass is 32.1. The van der Waals surface area contributed by atoms with E-state index in [1.165, 1.54) is 11.5 Å². The molecule has 0 spiro atoms. The van der Waals surface area contributed by atoms with Gasteiger partial charge in [0.15, 0.2) is 0 Å². The highest BCUT2D eigenvalue weighted by Gasteiger charge is 2.28. The molecular weight excluding hydrogens is 300 g/mol. The summed E-state index contributed by atoms with van der Waals surface area (Å²) in [6.07, 6.45) is 1.04. The second-order valence-electron chi connectivity index (χ2n) is 5.35. The quantitative estimate of drug-likeness (QED) is 0.945. The van der Waals surface area contributed by atoms with Gasteiger partial charge in [0.25, 0.3) is 5.91 Å². The van der Waals surface area contributed by atoms with Crippen LogP contribution in [0.4, 0.5) is 0 Å². The van der Waals surface area contributed by atoms with E-state index in [0.717, 1.165) is 11.3 Å². The number of carbonyl (C=O) groups is 2. The van der Waals surface area contributed by atoms with Crippen LogP contribution in [0, 0.1) is 5.92 Å². The first kappa shape index (κ1) is 14.7. The maximum Gasteiger partial charge on any atom is 0.306 e. The van der Waals surface area contributed by atoms with Gasteiger partial charge in [-0.3, -0.25) is 9.59 Å². The summed E-state index contributed by atoms with van der Waals surface area (Å²) in [5.41, 5.74) is 1.79. The molecule has 22 heavy (non-hydrogen) atoms. The molecule has 1 amide bonds. The summed E-state index contributed by atoms with van der Waals surface area (Å²) in [4.78, 5) is 25.7. The first-order valence-corrected chi connectivity index (χ1v) is 7.96. The second-order valence-corrected chi connectivity index (χ2v) is 6.15. The first-order chi connectivity index (χ1) is 10.6. The van der Waals surface area contributed by atoms with E-state index >= 15 is 0 Å². The van der Waals surface area contributed by atoms with E-state index in [1.54, 1.807) is 4.90 Å². The van der Waals surface area contributed by atoms with Gasteiger partial charge in [-0.1, -0.05) is 30.3 Å². The predicted molar refractivity (Wildman–Crippen MR) is 83.8 cm³/mol. The Hall–Kier alpha value is -2.21. The number of hydrogen-bond donors (Lipinski definition) is 1. The molecule has 1 aliphatic heterocycles. The Morgan fingerprint density at radius 1 is 1.18 bits per heavy atom. The van der Waals surface area contributed by atoms with Crippen LogP contribution >= 0.6 is 11.5 Å². The highest BCUT2D eigenvalue weighted by molar-refractivity contribution is 7.08. The lowest BCUT2D eigenvalue weighted by Gasteiger charge is -2.29. The van der Waals surface area contributed by atoms with Gasteiger partial charge in [-0.25, -0.2) is 0 Å². The molecule has 0 radical (unpaired) electrons. The number of aliphatic carboxylic acids is 1. The van der Waals surface area contributed by atoms with Crippen LogP contribution in [0.5, 0.6) is 0 Å². The van der Waals surface area contributed by atoms with Crippen LogP contribution in [0.2, 0.25) is 0 Å². The summed E-state index contributed by atoms with van der Waals surface area (Å²) >= 11 is 1.20. The van der Waals surface area contributed by atoms with Crippen molar-refractivity contribution in [1.29, 1.82) is 0 Å². The van der Waals surface area contributed by atoms with E-state index < -0.39 is 5.97 Å². The summed E-state index contributed by atoms with van der Waals surface area (Å²) in [6.45, 7) is 0.989. The van der Waals surface area contributed by atoms with Crippen LogP contribution in [0.15, 0.2) is 36.4 Å². The lowest BCUT2D eigenvalue weighted by atomic mass is 9.97. The number of carbonyl (C=O) groups excluding carboxylic acids is 1. The summed E-state index contributed by atoms with van der Waals surface area (Å²) in [6, 6.07) is 11.5. The lowest BCUT2D eigenvalue weighted by Crippen LogP contribution is -2.39. The molecule has 0 aliphatic carbocycles. The van der Waals surface area contributed by atoms with Crippen molar-refractivity contribution in [3.05, 3.63) is 41.3 Å². The van der Waals surface area contributed by atoms with Gasteiger partial charge >= 0.3 is 5.97 Å². The van der Waals surface area contributed by atoms with E-state index in [0.29, 0.717) is 30.8 Å². The first-order valence-electron chi connectivity index (χ1n) is 7.19. The average molecular weight is 316 g/mol. The average Bonchev–Trinajstić information content (AvgIpc) is 3.05. The van der Waals surface area contributed by atoms with Gasteiger partial charge in [-0.15, -0.1) is 0 Å². The minimum absolute atomic E-state index is 0.0523. The van der Waals surface area contributed by atoms with Crippen LogP contribution in [0.3, 0.4) is 0 Å². The van der Waals surface area contributed by atoms with Crippen molar-refractivity contribution in [2.24, 2.45) is 5.92 Å². The molecule has 2 aromatic rings. The Kier molecular flexibility index (Phi) is 4.20. The van der Waals surface area contributed by atoms with Crippen molar-refractivity contribution in [3.8, 4) is 11.3 Å². The zero-order chi connectivity index (χ0) is 15.5. The van der Waals surface area contributed by atoms with Crippen molar-refractivity contribution in [1.82, 2.24) is 9.27 Å².